The summed E-state index contributed by atoms with van der Waals surface area (Å²) in [5, 5.41) is 11.6. The summed E-state index contributed by atoms with van der Waals surface area (Å²) in [5.41, 5.74) is 0.965. The number of hydrogen-bond acceptors (Lipinski definition) is 4. The number of benzene rings is 1. The van der Waals surface area contributed by atoms with Crippen LogP contribution in [-0.2, 0) is 6.54 Å². The average Bonchev–Trinajstić information content (AvgIpc) is 2.81. The molecule has 0 fully saturated rings. The van der Waals surface area contributed by atoms with Crippen LogP contribution in [0.1, 0.15) is 5.76 Å². The molecule has 0 saturated carbocycles. The number of rotatable bonds is 5. The zero-order chi connectivity index (χ0) is 12.8. The highest BCUT2D eigenvalue weighted by Crippen LogP contribution is 2.18. The van der Waals surface area contributed by atoms with Crippen LogP contribution in [0, 0.1) is 11.3 Å². The Morgan fingerprint density at radius 3 is 2.61 bits per heavy atom. The van der Waals surface area contributed by atoms with E-state index in [1.807, 2.05) is 42.5 Å². The predicted octanol–water partition coefficient (Wildman–Crippen LogP) is 3.56. The van der Waals surface area contributed by atoms with Gasteiger partial charge in [-0.25, -0.2) is 0 Å². The zero-order valence-corrected chi connectivity index (χ0v) is 11.1. The van der Waals surface area contributed by atoms with Crippen molar-refractivity contribution in [3.8, 4) is 11.8 Å². The number of ether oxygens (including phenoxy) is 1. The molecule has 92 valence electrons. The Kier molecular flexibility index (Phi) is 4.26. The van der Waals surface area contributed by atoms with Gasteiger partial charge in [0.25, 0.3) is 0 Å². The van der Waals surface area contributed by atoms with E-state index in [1.165, 1.54) is 0 Å². The van der Waals surface area contributed by atoms with Gasteiger partial charge in [0.2, 0.25) is 0 Å². The minimum absolute atomic E-state index is 0.0627. The second kappa shape index (κ2) is 6.12. The maximum absolute atomic E-state index is 8.39. The van der Waals surface area contributed by atoms with Gasteiger partial charge in [0.1, 0.15) is 17.6 Å². The van der Waals surface area contributed by atoms with Crippen molar-refractivity contribution >= 4 is 21.6 Å². The van der Waals surface area contributed by atoms with Crippen LogP contribution in [-0.4, -0.2) is 6.61 Å². The van der Waals surface area contributed by atoms with Gasteiger partial charge < -0.3 is 14.5 Å². The van der Waals surface area contributed by atoms with Crippen molar-refractivity contribution in [3.63, 3.8) is 0 Å². The topological polar surface area (TPSA) is 58.2 Å². The van der Waals surface area contributed by atoms with Gasteiger partial charge in [0.15, 0.2) is 11.3 Å². The lowest BCUT2D eigenvalue weighted by Crippen LogP contribution is -1.98. The van der Waals surface area contributed by atoms with Crippen molar-refractivity contribution in [3.05, 3.63) is 46.8 Å². The van der Waals surface area contributed by atoms with Gasteiger partial charge in [0, 0.05) is 5.69 Å². The Morgan fingerprint density at radius 2 is 2.00 bits per heavy atom. The largest absolute Gasteiger partial charge is 0.479 e. The third-order valence-electron chi connectivity index (χ3n) is 2.25. The van der Waals surface area contributed by atoms with Crippen molar-refractivity contribution < 1.29 is 9.15 Å². The first-order valence-electron chi connectivity index (χ1n) is 5.36. The zero-order valence-electron chi connectivity index (χ0n) is 9.52. The summed E-state index contributed by atoms with van der Waals surface area (Å²) in [5.74, 6) is 1.54. The lowest BCUT2D eigenvalue weighted by molar-refractivity contribution is 0.368. The molecule has 0 saturated heterocycles. The number of halogens is 1. The van der Waals surface area contributed by atoms with Crippen LogP contribution in [0.15, 0.2) is 45.5 Å². The fourth-order valence-electron chi connectivity index (χ4n) is 1.42. The normalized spacial score (nSPS) is 9.78. The summed E-state index contributed by atoms with van der Waals surface area (Å²) in [6.45, 7) is 0.678. The van der Waals surface area contributed by atoms with Crippen LogP contribution in [0.3, 0.4) is 0 Å². The molecule has 0 bridgehead atoms. The average molecular weight is 307 g/mol. The minimum Gasteiger partial charge on any atom is -0.479 e. The highest BCUT2D eigenvalue weighted by atomic mass is 79.9. The van der Waals surface area contributed by atoms with Gasteiger partial charge in [-0.3, -0.25) is 0 Å². The molecular formula is C13H11BrN2O2. The van der Waals surface area contributed by atoms with E-state index in [-0.39, 0.29) is 6.61 Å². The third-order valence-corrected chi connectivity index (χ3v) is 2.68. The maximum atomic E-state index is 8.39. The Morgan fingerprint density at radius 1 is 1.22 bits per heavy atom. The van der Waals surface area contributed by atoms with Gasteiger partial charge in [-0.05, 0) is 52.3 Å². The van der Waals surface area contributed by atoms with Gasteiger partial charge in [-0.2, -0.15) is 5.26 Å². The van der Waals surface area contributed by atoms with Crippen LogP contribution in [0.4, 0.5) is 5.69 Å². The van der Waals surface area contributed by atoms with Gasteiger partial charge in [-0.1, -0.05) is 0 Å². The predicted molar refractivity (Wildman–Crippen MR) is 71.3 cm³/mol. The second-order valence-corrected chi connectivity index (χ2v) is 4.31. The summed E-state index contributed by atoms with van der Waals surface area (Å²) in [6.07, 6.45) is 0. The molecule has 0 amide bonds. The number of furan rings is 1. The lowest BCUT2D eigenvalue weighted by Gasteiger charge is -2.06. The van der Waals surface area contributed by atoms with E-state index in [0.717, 1.165) is 16.1 Å². The molecule has 2 aromatic rings. The monoisotopic (exact) mass is 306 g/mol. The molecule has 5 heteroatoms. The van der Waals surface area contributed by atoms with Gasteiger partial charge in [-0.15, -0.1) is 0 Å². The highest BCUT2D eigenvalue weighted by Gasteiger charge is 1.99. The van der Waals surface area contributed by atoms with E-state index in [4.69, 9.17) is 14.4 Å². The molecule has 4 nitrogen and oxygen atoms in total. The maximum Gasteiger partial charge on any atom is 0.174 e. The third kappa shape index (κ3) is 3.54. The molecule has 2 rings (SSSR count). The van der Waals surface area contributed by atoms with E-state index < -0.39 is 0 Å². The Hall–Kier alpha value is -1.93. The van der Waals surface area contributed by atoms with Crippen LogP contribution in [0.5, 0.6) is 5.75 Å². The van der Waals surface area contributed by atoms with Crippen LogP contribution in [0.2, 0.25) is 0 Å². The van der Waals surface area contributed by atoms with E-state index in [0.29, 0.717) is 12.3 Å². The molecular weight excluding hydrogens is 296 g/mol. The summed E-state index contributed by atoms with van der Waals surface area (Å²) >= 11 is 3.25. The fourth-order valence-corrected chi connectivity index (χ4v) is 1.76. The van der Waals surface area contributed by atoms with E-state index in [9.17, 15) is 0 Å². The molecule has 1 aromatic carbocycles. The molecule has 18 heavy (non-hydrogen) atoms. The minimum atomic E-state index is 0.0627. The van der Waals surface area contributed by atoms with Crippen molar-refractivity contribution in [2.45, 2.75) is 6.54 Å². The molecule has 0 aliphatic rings. The van der Waals surface area contributed by atoms with E-state index in [2.05, 4.69) is 21.2 Å². The van der Waals surface area contributed by atoms with Crippen molar-refractivity contribution in [1.29, 1.82) is 5.26 Å². The number of nitriles is 1. The molecule has 0 unspecified atom stereocenters. The van der Waals surface area contributed by atoms with Crippen LogP contribution >= 0.6 is 15.9 Å². The fraction of sp³-hybridized carbons (Fsp3) is 0.154. The van der Waals surface area contributed by atoms with Gasteiger partial charge in [0.05, 0.1) is 6.54 Å². The molecule has 1 N–H and O–H groups in total. The Balaban J connectivity index is 1.88. The van der Waals surface area contributed by atoms with E-state index in [1.54, 1.807) is 0 Å². The van der Waals surface area contributed by atoms with Crippen molar-refractivity contribution in [1.82, 2.24) is 0 Å². The standard InChI is InChI=1S/C13H11BrN2O2/c14-13-6-5-12(18-13)9-16-10-1-3-11(4-2-10)17-8-7-15/h1-6,16H,8-9H2. The summed E-state index contributed by atoms with van der Waals surface area (Å²) in [4.78, 5) is 0. The molecule has 0 spiro atoms. The van der Waals surface area contributed by atoms with Crippen LogP contribution < -0.4 is 10.1 Å². The molecule has 0 radical (unpaired) electrons. The van der Waals surface area contributed by atoms with Crippen molar-refractivity contribution in [2.24, 2.45) is 0 Å². The molecule has 0 aliphatic heterocycles. The summed E-state index contributed by atoms with van der Waals surface area (Å²) in [6, 6.07) is 13.1. The number of hydrogen-bond donors (Lipinski definition) is 1. The quantitative estimate of drug-likeness (QED) is 0.917. The van der Waals surface area contributed by atoms with Gasteiger partial charge >= 0.3 is 0 Å². The number of nitrogens with zero attached hydrogens (tertiary/aromatic N) is 1. The first-order chi connectivity index (χ1) is 8.78. The SMILES string of the molecule is N#CCOc1ccc(NCc2ccc(Br)o2)cc1. The van der Waals surface area contributed by atoms with Crippen molar-refractivity contribution in [2.75, 3.05) is 11.9 Å². The first kappa shape index (κ1) is 12.5. The highest BCUT2D eigenvalue weighted by molar-refractivity contribution is 9.10. The lowest BCUT2D eigenvalue weighted by atomic mass is 10.3. The molecule has 1 aromatic heterocycles. The summed E-state index contributed by atoms with van der Waals surface area (Å²) < 4.78 is 11.3. The molecule has 0 aliphatic carbocycles. The van der Waals surface area contributed by atoms with E-state index >= 15 is 0 Å². The molecule has 1 heterocycles. The Labute approximate surface area is 113 Å². The summed E-state index contributed by atoms with van der Waals surface area (Å²) in [7, 11) is 0. The smallest absolute Gasteiger partial charge is 0.174 e. The number of anilines is 1. The van der Waals surface area contributed by atoms with Crippen LogP contribution in [0.25, 0.3) is 0 Å². The Bertz CT molecular complexity index is 543. The molecule has 0 atom stereocenters. The number of nitrogens with one attached hydrogen (secondary N) is 1. The second-order valence-electron chi connectivity index (χ2n) is 3.53. The first-order valence-corrected chi connectivity index (χ1v) is 6.15.